The van der Waals surface area contributed by atoms with Gasteiger partial charge in [0.25, 0.3) is 0 Å². The Hall–Kier alpha value is -3.06. The molecule has 0 atom stereocenters. The maximum atomic E-state index is 14.4. The van der Waals surface area contributed by atoms with Crippen LogP contribution in [0, 0.1) is 17.6 Å². The molecule has 28 heavy (non-hydrogen) atoms. The van der Waals surface area contributed by atoms with Gasteiger partial charge in [0.1, 0.15) is 11.6 Å². The Balaban J connectivity index is 1.58. The molecular weight excluding hydrogens is 362 g/mol. The van der Waals surface area contributed by atoms with E-state index in [9.17, 15) is 13.6 Å². The lowest BCUT2D eigenvalue weighted by Gasteiger charge is -2.21. The van der Waals surface area contributed by atoms with Gasteiger partial charge < -0.3 is 10.6 Å². The molecule has 3 aromatic rings. The van der Waals surface area contributed by atoms with Crippen LogP contribution >= 0.6 is 0 Å². The molecule has 1 saturated heterocycles. The number of carbonyl (C=O) groups is 1. The monoisotopic (exact) mass is 382 g/mol. The summed E-state index contributed by atoms with van der Waals surface area (Å²) < 4.78 is 27.4. The Kier molecular flexibility index (Phi) is 5.16. The van der Waals surface area contributed by atoms with Gasteiger partial charge in [-0.25, -0.2) is 8.78 Å². The van der Waals surface area contributed by atoms with E-state index in [1.54, 1.807) is 30.4 Å². The Morgan fingerprint density at radius 1 is 1.11 bits per heavy atom. The third-order valence-electron chi connectivity index (χ3n) is 4.95. The highest BCUT2D eigenvalue weighted by Crippen LogP contribution is 2.26. The predicted molar refractivity (Wildman–Crippen MR) is 106 cm³/mol. The van der Waals surface area contributed by atoms with Crippen molar-refractivity contribution >= 4 is 34.6 Å². The number of rotatable bonds is 4. The fourth-order valence-corrected chi connectivity index (χ4v) is 3.35. The molecule has 0 saturated carbocycles. The van der Waals surface area contributed by atoms with Crippen LogP contribution in [-0.4, -0.2) is 29.2 Å². The molecule has 1 fully saturated rings. The number of carbonyl (C=O) groups excluding carboxylic acids is 1. The SMILES string of the molecule is O=C(Nc1cc2c(/C=C/c3ccc(F)cc3)n[nH]c2cc1F)C1CCNCC1. The second kappa shape index (κ2) is 7.90. The highest BCUT2D eigenvalue weighted by atomic mass is 19.1. The first-order valence-corrected chi connectivity index (χ1v) is 9.23. The number of benzene rings is 2. The second-order valence-corrected chi connectivity index (χ2v) is 6.88. The van der Waals surface area contributed by atoms with Gasteiger partial charge in [-0.3, -0.25) is 9.89 Å². The first kappa shape index (κ1) is 18.3. The summed E-state index contributed by atoms with van der Waals surface area (Å²) in [6.07, 6.45) is 5.05. The summed E-state index contributed by atoms with van der Waals surface area (Å²) in [5.41, 5.74) is 2.11. The van der Waals surface area contributed by atoms with E-state index >= 15 is 0 Å². The lowest BCUT2D eigenvalue weighted by molar-refractivity contribution is -0.120. The first-order chi connectivity index (χ1) is 13.6. The highest BCUT2D eigenvalue weighted by molar-refractivity contribution is 5.97. The maximum Gasteiger partial charge on any atom is 0.227 e. The summed E-state index contributed by atoms with van der Waals surface area (Å²) >= 11 is 0. The number of H-pyrrole nitrogens is 1. The molecule has 2 aromatic carbocycles. The van der Waals surface area contributed by atoms with E-state index in [0.717, 1.165) is 31.5 Å². The molecule has 0 spiro atoms. The predicted octanol–water partition coefficient (Wildman–Crippen LogP) is 3.95. The van der Waals surface area contributed by atoms with Crippen LogP contribution in [0.25, 0.3) is 23.1 Å². The summed E-state index contributed by atoms with van der Waals surface area (Å²) in [7, 11) is 0. The smallest absolute Gasteiger partial charge is 0.227 e. The van der Waals surface area contributed by atoms with Crippen molar-refractivity contribution in [3.63, 3.8) is 0 Å². The van der Waals surface area contributed by atoms with E-state index in [1.807, 2.05) is 0 Å². The second-order valence-electron chi connectivity index (χ2n) is 6.88. The maximum absolute atomic E-state index is 14.4. The zero-order chi connectivity index (χ0) is 19.5. The average molecular weight is 382 g/mol. The van der Waals surface area contributed by atoms with Crippen LogP contribution in [0.4, 0.5) is 14.5 Å². The minimum Gasteiger partial charge on any atom is -0.323 e. The van der Waals surface area contributed by atoms with E-state index in [2.05, 4.69) is 20.8 Å². The molecule has 0 unspecified atom stereocenters. The Morgan fingerprint density at radius 2 is 1.86 bits per heavy atom. The van der Waals surface area contributed by atoms with Gasteiger partial charge in [0.05, 0.1) is 16.9 Å². The molecule has 0 bridgehead atoms. The molecule has 144 valence electrons. The van der Waals surface area contributed by atoms with Crippen molar-refractivity contribution in [3.05, 3.63) is 59.3 Å². The van der Waals surface area contributed by atoms with Gasteiger partial charge in [-0.05, 0) is 55.8 Å². The van der Waals surface area contributed by atoms with Crippen LogP contribution in [0.1, 0.15) is 24.1 Å². The van der Waals surface area contributed by atoms with E-state index in [0.29, 0.717) is 16.6 Å². The number of fused-ring (bicyclic) bond motifs is 1. The molecule has 2 heterocycles. The minimum atomic E-state index is -0.507. The van der Waals surface area contributed by atoms with Gasteiger partial charge in [0.2, 0.25) is 5.91 Å². The van der Waals surface area contributed by atoms with Crippen molar-refractivity contribution in [1.82, 2.24) is 15.5 Å². The largest absolute Gasteiger partial charge is 0.323 e. The van der Waals surface area contributed by atoms with Crippen molar-refractivity contribution in [2.75, 3.05) is 18.4 Å². The molecule has 1 aliphatic heterocycles. The number of nitrogens with zero attached hydrogens (tertiary/aromatic N) is 1. The number of aromatic nitrogens is 2. The van der Waals surface area contributed by atoms with Crippen LogP contribution in [0.2, 0.25) is 0 Å². The zero-order valence-corrected chi connectivity index (χ0v) is 15.1. The van der Waals surface area contributed by atoms with Crippen molar-refractivity contribution in [3.8, 4) is 0 Å². The van der Waals surface area contributed by atoms with Crippen LogP contribution in [-0.2, 0) is 4.79 Å². The highest BCUT2D eigenvalue weighted by Gasteiger charge is 2.22. The number of nitrogens with one attached hydrogen (secondary N) is 3. The third kappa shape index (κ3) is 3.94. The van der Waals surface area contributed by atoms with Gasteiger partial charge in [0.15, 0.2) is 0 Å². The van der Waals surface area contributed by atoms with Gasteiger partial charge in [-0.1, -0.05) is 18.2 Å². The Morgan fingerprint density at radius 3 is 2.61 bits per heavy atom. The molecule has 1 amide bonds. The summed E-state index contributed by atoms with van der Waals surface area (Å²) in [6, 6.07) is 9.00. The number of piperidine rings is 1. The van der Waals surface area contributed by atoms with Crippen molar-refractivity contribution in [2.45, 2.75) is 12.8 Å². The number of aromatic amines is 1. The topological polar surface area (TPSA) is 69.8 Å². The quantitative estimate of drug-likeness (QED) is 0.640. The lowest BCUT2D eigenvalue weighted by atomic mass is 9.97. The molecule has 1 aliphatic rings. The van der Waals surface area contributed by atoms with Gasteiger partial charge in [-0.2, -0.15) is 5.10 Å². The number of anilines is 1. The molecule has 0 aliphatic carbocycles. The molecule has 3 N–H and O–H groups in total. The zero-order valence-electron chi connectivity index (χ0n) is 15.1. The van der Waals surface area contributed by atoms with E-state index in [4.69, 9.17) is 0 Å². The fraction of sp³-hybridized carbons (Fsp3) is 0.238. The molecule has 0 radical (unpaired) electrons. The molecule has 1 aromatic heterocycles. The van der Waals surface area contributed by atoms with Gasteiger partial charge in [0, 0.05) is 17.4 Å². The number of amides is 1. The molecular formula is C21H20F2N4O. The van der Waals surface area contributed by atoms with Crippen LogP contribution in [0.5, 0.6) is 0 Å². The molecule has 5 nitrogen and oxygen atoms in total. The van der Waals surface area contributed by atoms with E-state index in [-0.39, 0.29) is 23.3 Å². The fourth-order valence-electron chi connectivity index (χ4n) is 3.35. The molecule has 7 heteroatoms. The lowest BCUT2D eigenvalue weighted by Crippen LogP contribution is -2.34. The standard InChI is InChI=1S/C21H20F2N4O/c22-15-4-1-13(2-5-15)3-6-18-16-11-20(17(23)12-19(16)27-26-18)25-21(28)14-7-9-24-10-8-14/h1-6,11-12,14,24H,7-10H2,(H,25,28)(H,26,27)/b6-3+. The van der Waals surface area contributed by atoms with Crippen molar-refractivity contribution in [2.24, 2.45) is 5.92 Å². The minimum absolute atomic E-state index is 0.112. The van der Waals surface area contributed by atoms with Gasteiger partial charge in [-0.15, -0.1) is 0 Å². The molecule has 4 rings (SSSR count). The van der Waals surface area contributed by atoms with E-state index < -0.39 is 5.82 Å². The summed E-state index contributed by atoms with van der Waals surface area (Å²) in [4.78, 5) is 12.4. The summed E-state index contributed by atoms with van der Waals surface area (Å²) in [5, 5.41) is 13.6. The summed E-state index contributed by atoms with van der Waals surface area (Å²) in [5.74, 6) is -1.08. The van der Waals surface area contributed by atoms with Crippen molar-refractivity contribution < 1.29 is 13.6 Å². The number of hydrogen-bond acceptors (Lipinski definition) is 3. The van der Waals surface area contributed by atoms with E-state index in [1.165, 1.54) is 18.2 Å². The Labute approximate surface area is 160 Å². The van der Waals surface area contributed by atoms with Crippen LogP contribution in [0.3, 0.4) is 0 Å². The van der Waals surface area contributed by atoms with Crippen LogP contribution in [0.15, 0.2) is 36.4 Å². The average Bonchev–Trinajstić information content (AvgIpc) is 3.10. The third-order valence-corrected chi connectivity index (χ3v) is 4.95. The van der Waals surface area contributed by atoms with Crippen molar-refractivity contribution in [1.29, 1.82) is 0 Å². The van der Waals surface area contributed by atoms with Gasteiger partial charge >= 0.3 is 0 Å². The van der Waals surface area contributed by atoms with Crippen LogP contribution < -0.4 is 10.6 Å². The number of halogens is 2. The first-order valence-electron chi connectivity index (χ1n) is 9.23. The summed E-state index contributed by atoms with van der Waals surface area (Å²) in [6.45, 7) is 1.58. The normalized spacial score (nSPS) is 15.4. The Bertz CT molecular complexity index is 1020. The number of hydrogen-bond donors (Lipinski definition) is 3.